The van der Waals surface area contributed by atoms with Gasteiger partial charge in [-0.05, 0) is 50.8 Å². The van der Waals surface area contributed by atoms with Crippen LogP contribution in [0.25, 0.3) is 0 Å². The number of nitrogens with one attached hydrogen (secondary N) is 1. The summed E-state index contributed by atoms with van der Waals surface area (Å²) in [5.74, 6) is -0.0300. The molecular weight excluding hydrogens is 296 g/mol. The second kappa shape index (κ2) is 7.01. The maximum Gasteiger partial charge on any atom is 0.253 e. The van der Waals surface area contributed by atoms with Gasteiger partial charge in [-0.3, -0.25) is 9.69 Å². The molecule has 2 fully saturated rings. The summed E-state index contributed by atoms with van der Waals surface area (Å²) < 4.78 is 0. The lowest BCUT2D eigenvalue weighted by atomic mass is 9.81. The first-order valence-corrected chi connectivity index (χ1v) is 8.88. The van der Waals surface area contributed by atoms with Crippen molar-refractivity contribution < 1.29 is 4.79 Å². The van der Waals surface area contributed by atoms with Crippen LogP contribution < -0.4 is 5.32 Å². The molecule has 4 heteroatoms. The summed E-state index contributed by atoms with van der Waals surface area (Å²) in [5, 5.41) is 3.75. The van der Waals surface area contributed by atoms with Crippen molar-refractivity contribution in [2.24, 2.45) is 0 Å². The first-order valence-electron chi connectivity index (χ1n) is 8.50. The van der Waals surface area contributed by atoms with Crippen LogP contribution in [0, 0.1) is 0 Å². The largest absolute Gasteiger partial charge is 0.349 e. The van der Waals surface area contributed by atoms with Gasteiger partial charge in [-0.2, -0.15) is 0 Å². The summed E-state index contributed by atoms with van der Waals surface area (Å²) >= 11 is 6.13. The lowest BCUT2D eigenvalue weighted by Gasteiger charge is -2.49. The highest BCUT2D eigenvalue weighted by Crippen LogP contribution is 2.34. The van der Waals surface area contributed by atoms with Crippen LogP contribution in [-0.4, -0.2) is 35.5 Å². The zero-order valence-electron chi connectivity index (χ0n) is 13.2. The number of fused-ring (bicyclic) bond motifs is 2. The van der Waals surface area contributed by atoms with Gasteiger partial charge in [0.15, 0.2) is 0 Å². The Kier molecular flexibility index (Phi) is 5.04. The van der Waals surface area contributed by atoms with E-state index in [0.717, 1.165) is 12.8 Å². The number of nitrogens with zero attached hydrogens (tertiary/aromatic N) is 1. The Labute approximate surface area is 138 Å². The highest BCUT2D eigenvalue weighted by molar-refractivity contribution is 6.33. The van der Waals surface area contributed by atoms with Gasteiger partial charge in [0.25, 0.3) is 5.91 Å². The molecule has 2 heterocycles. The molecule has 120 valence electrons. The fourth-order valence-corrected chi connectivity index (χ4v) is 4.35. The predicted molar refractivity (Wildman–Crippen MR) is 90.4 cm³/mol. The lowest BCUT2D eigenvalue weighted by molar-refractivity contribution is 0.0245. The normalized spacial score (nSPS) is 28.4. The minimum Gasteiger partial charge on any atom is -0.349 e. The van der Waals surface area contributed by atoms with E-state index in [9.17, 15) is 4.79 Å². The van der Waals surface area contributed by atoms with Gasteiger partial charge < -0.3 is 5.32 Å². The van der Waals surface area contributed by atoms with Crippen LogP contribution >= 0.6 is 11.6 Å². The van der Waals surface area contributed by atoms with Gasteiger partial charge in [-0.15, -0.1) is 0 Å². The molecule has 0 radical (unpaired) electrons. The fourth-order valence-electron chi connectivity index (χ4n) is 4.13. The molecule has 2 saturated heterocycles. The molecule has 0 aliphatic carbocycles. The van der Waals surface area contributed by atoms with Crippen LogP contribution in [0.1, 0.15) is 55.8 Å². The van der Waals surface area contributed by atoms with E-state index in [2.05, 4.69) is 17.1 Å². The zero-order valence-corrected chi connectivity index (χ0v) is 14.0. The number of amides is 1. The minimum atomic E-state index is -0.0300. The van der Waals surface area contributed by atoms with Crippen molar-refractivity contribution in [3.05, 3.63) is 34.9 Å². The van der Waals surface area contributed by atoms with Gasteiger partial charge in [-0.25, -0.2) is 0 Å². The maximum atomic E-state index is 12.5. The van der Waals surface area contributed by atoms with Crippen molar-refractivity contribution >= 4 is 17.5 Å². The van der Waals surface area contributed by atoms with Gasteiger partial charge in [-0.1, -0.05) is 37.1 Å². The molecule has 1 N–H and O–H groups in total. The van der Waals surface area contributed by atoms with Crippen LogP contribution in [0.15, 0.2) is 24.3 Å². The van der Waals surface area contributed by atoms with Crippen molar-refractivity contribution in [1.29, 1.82) is 0 Å². The zero-order chi connectivity index (χ0) is 15.5. The average Bonchev–Trinajstić information content (AvgIpc) is 2.48. The average molecular weight is 321 g/mol. The molecule has 3 nitrogen and oxygen atoms in total. The number of benzene rings is 1. The number of halogens is 1. The van der Waals surface area contributed by atoms with E-state index in [1.54, 1.807) is 12.1 Å². The van der Waals surface area contributed by atoms with Crippen molar-refractivity contribution in [2.45, 2.75) is 63.6 Å². The molecule has 0 spiro atoms. The number of hydrogen-bond acceptors (Lipinski definition) is 2. The first kappa shape index (κ1) is 15.8. The summed E-state index contributed by atoms with van der Waals surface area (Å²) in [4.78, 5) is 15.1. The van der Waals surface area contributed by atoms with E-state index in [4.69, 9.17) is 11.6 Å². The lowest BCUT2D eigenvalue weighted by Crippen LogP contribution is -2.57. The summed E-state index contributed by atoms with van der Waals surface area (Å²) in [6.07, 6.45) is 7.24. The SMILES string of the molecule is CCCN1[C@@H]2CCC[C@@H]1CC(NC(=O)c1ccccc1Cl)C2. The highest BCUT2D eigenvalue weighted by atomic mass is 35.5. The fraction of sp³-hybridized carbons (Fsp3) is 0.611. The van der Waals surface area contributed by atoms with Crippen molar-refractivity contribution in [1.82, 2.24) is 10.2 Å². The Morgan fingerprint density at radius 2 is 1.95 bits per heavy atom. The van der Waals surface area contributed by atoms with Gasteiger partial charge in [0, 0.05) is 18.1 Å². The molecule has 2 aliphatic rings. The highest BCUT2D eigenvalue weighted by Gasteiger charge is 2.38. The third-order valence-electron chi connectivity index (χ3n) is 5.06. The van der Waals surface area contributed by atoms with E-state index in [0.29, 0.717) is 22.7 Å². The predicted octanol–water partition coefficient (Wildman–Crippen LogP) is 3.87. The number of carbonyl (C=O) groups is 1. The molecule has 1 aromatic carbocycles. The molecule has 2 atom stereocenters. The second-order valence-electron chi connectivity index (χ2n) is 6.60. The maximum absolute atomic E-state index is 12.5. The molecule has 22 heavy (non-hydrogen) atoms. The van der Waals surface area contributed by atoms with Crippen molar-refractivity contribution in [2.75, 3.05) is 6.54 Å². The Hall–Kier alpha value is -1.06. The monoisotopic (exact) mass is 320 g/mol. The van der Waals surface area contributed by atoms with E-state index in [1.165, 1.54) is 32.2 Å². The van der Waals surface area contributed by atoms with Crippen molar-refractivity contribution in [3.63, 3.8) is 0 Å². The Balaban J connectivity index is 1.65. The molecule has 0 unspecified atom stereocenters. The number of hydrogen-bond donors (Lipinski definition) is 1. The van der Waals surface area contributed by atoms with Crippen LogP contribution in [0.3, 0.4) is 0 Å². The summed E-state index contributed by atoms with van der Waals surface area (Å²) in [6.45, 7) is 3.45. The van der Waals surface area contributed by atoms with E-state index in [1.807, 2.05) is 12.1 Å². The Morgan fingerprint density at radius 1 is 1.27 bits per heavy atom. The van der Waals surface area contributed by atoms with Crippen molar-refractivity contribution in [3.8, 4) is 0 Å². The smallest absolute Gasteiger partial charge is 0.253 e. The van der Waals surface area contributed by atoms with Crippen LogP contribution in [0.2, 0.25) is 5.02 Å². The van der Waals surface area contributed by atoms with Crippen LogP contribution in [0.4, 0.5) is 0 Å². The number of piperidine rings is 2. The Morgan fingerprint density at radius 3 is 2.59 bits per heavy atom. The number of rotatable bonds is 4. The standard InChI is InChI=1S/C18H25ClN2O/c1-2-10-21-14-6-5-7-15(21)12-13(11-14)20-18(22)16-8-3-4-9-17(16)19/h3-4,8-9,13-15H,2,5-7,10-12H2,1H3,(H,20,22)/t14-,15-/m1/s1. The minimum absolute atomic E-state index is 0.0300. The topological polar surface area (TPSA) is 32.3 Å². The molecular formula is C18H25ClN2O. The molecule has 1 amide bonds. The first-order chi connectivity index (χ1) is 10.7. The van der Waals surface area contributed by atoms with Gasteiger partial charge >= 0.3 is 0 Å². The van der Waals surface area contributed by atoms with Crippen LogP contribution in [-0.2, 0) is 0 Å². The molecule has 2 bridgehead atoms. The molecule has 0 aromatic heterocycles. The van der Waals surface area contributed by atoms with E-state index in [-0.39, 0.29) is 11.9 Å². The molecule has 3 rings (SSSR count). The van der Waals surface area contributed by atoms with E-state index < -0.39 is 0 Å². The summed E-state index contributed by atoms with van der Waals surface area (Å²) in [6, 6.07) is 8.85. The molecule has 0 saturated carbocycles. The third kappa shape index (κ3) is 3.31. The van der Waals surface area contributed by atoms with Gasteiger partial charge in [0.2, 0.25) is 0 Å². The Bertz CT molecular complexity index is 520. The summed E-state index contributed by atoms with van der Waals surface area (Å²) in [7, 11) is 0. The van der Waals surface area contributed by atoms with Gasteiger partial charge in [0.05, 0.1) is 10.6 Å². The van der Waals surface area contributed by atoms with Gasteiger partial charge in [0.1, 0.15) is 0 Å². The quantitative estimate of drug-likeness (QED) is 0.913. The third-order valence-corrected chi connectivity index (χ3v) is 5.39. The van der Waals surface area contributed by atoms with Crippen LogP contribution in [0.5, 0.6) is 0 Å². The molecule has 1 aromatic rings. The molecule has 2 aliphatic heterocycles. The second-order valence-corrected chi connectivity index (χ2v) is 7.01. The van der Waals surface area contributed by atoms with E-state index >= 15 is 0 Å². The summed E-state index contributed by atoms with van der Waals surface area (Å²) in [5.41, 5.74) is 0.588. The number of carbonyl (C=O) groups excluding carboxylic acids is 1.